The Balaban J connectivity index is 1.94. The fraction of sp³-hybridized carbons (Fsp3) is 0.200. The Kier molecular flexibility index (Phi) is 5.17. The first-order valence-electron chi connectivity index (χ1n) is 8.95. The second kappa shape index (κ2) is 7.45. The number of hydrogen-bond acceptors (Lipinski definition) is 4. The summed E-state index contributed by atoms with van der Waals surface area (Å²) in [6.45, 7) is 1.43. The molecule has 0 amide bonds. The third-order valence-corrected chi connectivity index (χ3v) is 7.40. The summed E-state index contributed by atoms with van der Waals surface area (Å²) in [6, 6.07) is 9.91. The largest absolute Gasteiger partial charge is 0.435 e. The normalized spacial score (nSPS) is 19.1. The van der Waals surface area contributed by atoms with Crippen molar-refractivity contribution in [1.82, 2.24) is 9.78 Å². The lowest BCUT2D eigenvalue weighted by atomic mass is 10.00. The van der Waals surface area contributed by atoms with Crippen molar-refractivity contribution in [2.75, 3.05) is 0 Å². The van der Waals surface area contributed by atoms with Crippen LogP contribution < -0.4 is 0 Å². The summed E-state index contributed by atoms with van der Waals surface area (Å²) in [5.41, 5.74) is -0.712. The number of sulfone groups is 1. The second-order valence-corrected chi connectivity index (χ2v) is 9.50. The van der Waals surface area contributed by atoms with Crippen molar-refractivity contribution in [3.05, 3.63) is 76.7 Å². The summed E-state index contributed by atoms with van der Waals surface area (Å²) in [6.07, 6.45) is -4.73. The fourth-order valence-corrected chi connectivity index (χ4v) is 5.60. The average Bonchev–Trinajstić information content (AvgIpc) is 3.12. The first-order valence-corrected chi connectivity index (χ1v) is 10.9. The maximum atomic E-state index is 13.5. The number of aliphatic imine (C=N–C) groups is 1. The predicted molar refractivity (Wildman–Crippen MR) is 107 cm³/mol. The maximum absolute atomic E-state index is 13.5. The van der Waals surface area contributed by atoms with Crippen LogP contribution in [0.1, 0.15) is 24.2 Å². The summed E-state index contributed by atoms with van der Waals surface area (Å²) in [5.74, 6) is -0.734. The van der Waals surface area contributed by atoms with E-state index in [0.29, 0.717) is 10.6 Å². The number of hydrogen-bond donors (Lipinski definition) is 0. The average molecular weight is 472 g/mol. The highest BCUT2D eigenvalue weighted by Gasteiger charge is 2.45. The maximum Gasteiger partial charge on any atom is 0.435 e. The van der Waals surface area contributed by atoms with Crippen LogP contribution >= 0.6 is 11.6 Å². The van der Waals surface area contributed by atoms with Crippen molar-refractivity contribution < 1.29 is 26.0 Å². The fourth-order valence-electron chi connectivity index (χ4n) is 3.55. The molecule has 162 valence electrons. The van der Waals surface area contributed by atoms with Gasteiger partial charge in [0.2, 0.25) is 0 Å². The van der Waals surface area contributed by atoms with Crippen LogP contribution in [-0.4, -0.2) is 29.2 Å². The summed E-state index contributed by atoms with van der Waals surface area (Å²) < 4.78 is 81.1. The lowest BCUT2D eigenvalue weighted by Gasteiger charge is -2.31. The summed E-state index contributed by atoms with van der Waals surface area (Å²) in [7, 11) is -4.18. The van der Waals surface area contributed by atoms with Gasteiger partial charge in [0.05, 0.1) is 4.90 Å². The molecule has 2 aromatic carbocycles. The molecular weight excluding hydrogens is 458 g/mol. The molecule has 0 radical (unpaired) electrons. The number of halogens is 5. The molecule has 31 heavy (non-hydrogen) atoms. The zero-order valence-corrected chi connectivity index (χ0v) is 17.4. The van der Waals surface area contributed by atoms with Crippen LogP contribution in [0, 0.1) is 5.82 Å². The van der Waals surface area contributed by atoms with E-state index in [1.54, 1.807) is 0 Å². The molecule has 1 aliphatic heterocycles. The van der Waals surface area contributed by atoms with Gasteiger partial charge < -0.3 is 0 Å². The first-order chi connectivity index (χ1) is 14.5. The van der Waals surface area contributed by atoms with Gasteiger partial charge in [-0.2, -0.15) is 18.3 Å². The van der Waals surface area contributed by atoms with Gasteiger partial charge in [0.25, 0.3) is 0 Å². The van der Waals surface area contributed by atoms with E-state index in [1.807, 2.05) is 0 Å². The van der Waals surface area contributed by atoms with Crippen molar-refractivity contribution in [2.24, 2.45) is 4.99 Å². The van der Waals surface area contributed by atoms with Crippen molar-refractivity contribution in [1.29, 1.82) is 0 Å². The van der Waals surface area contributed by atoms with Gasteiger partial charge in [-0.1, -0.05) is 23.7 Å². The smallest absolute Gasteiger partial charge is 0.238 e. The van der Waals surface area contributed by atoms with E-state index in [9.17, 15) is 26.0 Å². The van der Waals surface area contributed by atoms with E-state index >= 15 is 0 Å². The van der Waals surface area contributed by atoms with Crippen LogP contribution in [0.4, 0.5) is 23.4 Å². The van der Waals surface area contributed by atoms with Gasteiger partial charge in [0, 0.05) is 16.8 Å². The Morgan fingerprint density at radius 3 is 2.23 bits per heavy atom. The lowest BCUT2D eigenvalue weighted by Crippen LogP contribution is -2.41. The number of alkyl halides is 3. The molecule has 0 aliphatic carbocycles. The van der Waals surface area contributed by atoms with Gasteiger partial charge in [-0.25, -0.2) is 22.5 Å². The van der Waals surface area contributed by atoms with Crippen LogP contribution in [0.3, 0.4) is 0 Å². The summed E-state index contributed by atoms with van der Waals surface area (Å²) in [5, 5.41) is 2.64. The topological polar surface area (TPSA) is 64.3 Å². The minimum Gasteiger partial charge on any atom is -0.238 e. The molecule has 0 saturated heterocycles. The highest BCUT2D eigenvalue weighted by molar-refractivity contribution is 7.92. The minimum atomic E-state index is -4.73. The number of fused-ring (bicyclic) bond motifs is 1. The second-order valence-electron chi connectivity index (χ2n) is 7.00. The van der Waals surface area contributed by atoms with Crippen LogP contribution in [0.2, 0.25) is 5.02 Å². The van der Waals surface area contributed by atoms with Gasteiger partial charge in [-0.15, -0.1) is 0 Å². The third-order valence-electron chi connectivity index (χ3n) is 4.95. The van der Waals surface area contributed by atoms with Crippen LogP contribution in [0.5, 0.6) is 0 Å². The van der Waals surface area contributed by atoms with Crippen molar-refractivity contribution >= 4 is 33.0 Å². The Bertz CT molecular complexity index is 1270. The zero-order valence-electron chi connectivity index (χ0n) is 15.8. The third kappa shape index (κ3) is 3.85. The molecule has 1 aromatic heterocycles. The Hall–Kier alpha value is -2.72. The predicted octanol–water partition coefficient (Wildman–Crippen LogP) is 5.23. The van der Waals surface area contributed by atoms with E-state index < -0.39 is 38.8 Å². The highest BCUT2D eigenvalue weighted by Crippen LogP contribution is 2.41. The standard InChI is InChI=1S/C20H14ClF4N3O2S/c1-11-19(31(29,30)15-8-6-14(22)7-9-15)18(12-2-4-13(21)5-3-12)28-17(26-11)10-16(27-28)20(23,24)25/h2-10,18-19H,1H3. The molecule has 11 heteroatoms. The molecule has 2 atom stereocenters. The van der Waals surface area contributed by atoms with E-state index in [4.69, 9.17) is 11.6 Å². The molecule has 2 unspecified atom stereocenters. The van der Waals surface area contributed by atoms with Crippen LogP contribution in [0.15, 0.2) is 64.5 Å². The van der Waals surface area contributed by atoms with Crippen molar-refractivity contribution in [2.45, 2.75) is 29.3 Å². The number of benzene rings is 2. The van der Waals surface area contributed by atoms with Gasteiger partial charge in [0.15, 0.2) is 21.3 Å². The number of aromatic nitrogens is 2. The molecule has 0 fully saturated rings. The molecule has 1 aliphatic rings. The molecule has 0 spiro atoms. The van der Waals surface area contributed by atoms with E-state index in [0.717, 1.165) is 35.0 Å². The summed E-state index contributed by atoms with van der Waals surface area (Å²) >= 11 is 5.93. The number of nitrogens with zero attached hydrogens (tertiary/aromatic N) is 3. The van der Waals surface area contributed by atoms with Gasteiger partial charge in [-0.05, 0) is 48.9 Å². The number of rotatable bonds is 3. The highest BCUT2D eigenvalue weighted by atomic mass is 35.5. The summed E-state index contributed by atoms with van der Waals surface area (Å²) in [4.78, 5) is 3.92. The lowest BCUT2D eigenvalue weighted by molar-refractivity contribution is -0.141. The van der Waals surface area contributed by atoms with E-state index in [1.165, 1.54) is 31.2 Å². The van der Waals surface area contributed by atoms with Crippen molar-refractivity contribution in [3.63, 3.8) is 0 Å². The van der Waals surface area contributed by atoms with Gasteiger partial charge in [0.1, 0.15) is 17.1 Å². The van der Waals surface area contributed by atoms with Gasteiger partial charge >= 0.3 is 6.18 Å². The SMILES string of the molecule is CC1=Nc2cc(C(F)(F)F)nn2C(c2ccc(Cl)cc2)C1S(=O)(=O)c1ccc(F)cc1. The minimum absolute atomic E-state index is 0.0883. The molecule has 0 bridgehead atoms. The van der Waals surface area contributed by atoms with E-state index in [-0.39, 0.29) is 16.4 Å². The van der Waals surface area contributed by atoms with Crippen LogP contribution in [0.25, 0.3) is 0 Å². The van der Waals surface area contributed by atoms with Crippen LogP contribution in [-0.2, 0) is 16.0 Å². The Morgan fingerprint density at radius 2 is 1.65 bits per heavy atom. The van der Waals surface area contributed by atoms with Crippen molar-refractivity contribution in [3.8, 4) is 0 Å². The Labute approximate surface area is 179 Å². The monoisotopic (exact) mass is 471 g/mol. The van der Waals surface area contributed by atoms with E-state index in [2.05, 4.69) is 10.1 Å². The quantitative estimate of drug-likeness (QED) is 0.388. The molecule has 5 nitrogen and oxygen atoms in total. The zero-order chi connectivity index (χ0) is 22.6. The Morgan fingerprint density at radius 1 is 1.03 bits per heavy atom. The first kappa shape index (κ1) is 21.5. The molecule has 2 heterocycles. The molecule has 0 saturated carbocycles. The molecule has 4 rings (SSSR count). The molecule has 0 N–H and O–H groups in total. The molecular formula is C20H14ClF4N3O2S. The molecule has 3 aromatic rings. The van der Waals surface area contributed by atoms with Gasteiger partial charge in [-0.3, -0.25) is 0 Å².